The Morgan fingerprint density at radius 1 is 1.03 bits per heavy atom. The molecule has 2 N–H and O–H groups in total. The van der Waals surface area contributed by atoms with E-state index in [0.717, 1.165) is 12.1 Å². The molecule has 0 saturated carbocycles. The third-order valence-corrected chi connectivity index (χ3v) is 4.44. The molecule has 0 aliphatic carbocycles. The summed E-state index contributed by atoms with van der Waals surface area (Å²) in [4.78, 5) is 35.9. The van der Waals surface area contributed by atoms with Gasteiger partial charge in [0.1, 0.15) is 23.1 Å². The lowest BCUT2D eigenvalue weighted by atomic mass is 10.1. The van der Waals surface area contributed by atoms with Crippen molar-refractivity contribution in [3.8, 4) is 5.75 Å². The number of nitrogens with zero attached hydrogens (tertiary/aromatic N) is 1. The first-order chi connectivity index (χ1) is 15.8. The number of amides is 2. The van der Waals surface area contributed by atoms with Crippen LogP contribution in [-0.4, -0.2) is 23.8 Å². The van der Waals surface area contributed by atoms with Crippen LogP contribution in [0.25, 0.3) is 6.08 Å². The second-order valence-corrected chi connectivity index (χ2v) is 6.64. The van der Waals surface area contributed by atoms with E-state index in [1.54, 1.807) is 18.2 Å². The van der Waals surface area contributed by atoms with Gasteiger partial charge in [0.25, 0.3) is 17.5 Å². The minimum Gasteiger partial charge on any atom is -0.496 e. The third-order valence-electron chi connectivity index (χ3n) is 4.44. The Kier molecular flexibility index (Phi) is 7.09. The van der Waals surface area contributed by atoms with E-state index in [-0.39, 0.29) is 28.4 Å². The fourth-order valence-electron chi connectivity index (χ4n) is 2.82. The van der Waals surface area contributed by atoms with Crippen LogP contribution in [0.5, 0.6) is 5.75 Å². The van der Waals surface area contributed by atoms with Gasteiger partial charge in [-0.15, -0.1) is 0 Å². The van der Waals surface area contributed by atoms with Gasteiger partial charge in [-0.05, 0) is 48.0 Å². The van der Waals surface area contributed by atoms with Crippen molar-refractivity contribution in [1.29, 1.82) is 0 Å². The molecule has 3 rings (SSSR count). The van der Waals surface area contributed by atoms with Crippen LogP contribution in [0.15, 0.2) is 72.4 Å². The number of halogens is 2. The second-order valence-electron chi connectivity index (χ2n) is 6.64. The molecule has 0 aliphatic rings. The monoisotopic (exact) mass is 453 g/mol. The number of rotatable bonds is 7. The molecule has 0 spiro atoms. The van der Waals surface area contributed by atoms with E-state index in [1.807, 2.05) is 0 Å². The molecule has 0 bridgehead atoms. The van der Waals surface area contributed by atoms with Gasteiger partial charge in [-0.2, -0.15) is 0 Å². The van der Waals surface area contributed by atoms with Crippen LogP contribution in [0.2, 0.25) is 0 Å². The van der Waals surface area contributed by atoms with Crippen LogP contribution in [0, 0.1) is 21.7 Å². The molecule has 33 heavy (non-hydrogen) atoms. The first-order valence-electron chi connectivity index (χ1n) is 9.45. The maximum Gasteiger partial charge on any atom is 0.272 e. The number of nitro groups is 1. The average Bonchev–Trinajstić information content (AvgIpc) is 2.80. The number of carbonyl (C=O) groups excluding carboxylic acids is 2. The standard InChI is InChI=1S/C23H17F2N3O5/c1-33-21-5-3-2-4-17(21)22(29)27-20(12-14-6-9-16(10-7-14)28(31)32)23(30)26-19-11-8-15(24)13-18(19)25/h2-13H,1H3,(H,26,30)(H,27,29). The highest BCUT2D eigenvalue weighted by atomic mass is 19.1. The van der Waals surface area contributed by atoms with E-state index in [0.29, 0.717) is 11.6 Å². The number of nitrogens with one attached hydrogen (secondary N) is 2. The highest BCUT2D eigenvalue weighted by Gasteiger charge is 2.19. The molecule has 0 aliphatic heterocycles. The summed E-state index contributed by atoms with van der Waals surface area (Å²) in [6.07, 6.45) is 1.26. The molecular formula is C23H17F2N3O5. The van der Waals surface area contributed by atoms with E-state index in [1.165, 1.54) is 43.5 Å². The van der Waals surface area contributed by atoms with Gasteiger partial charge in [-0.1, -0.05) is 12.1 Å². The molecule has 2 amide bonds. The van der Waals surface area contributed by atoms with E-state index in [2.05, 4.69) is 10.6 Å². The molecule has 0 unspecified atom stereocenters. The van der Waals surface area contributed by atoms with E-state index in [4.69, 9.17) is 4.74 Å². The highest BCUT2D eigenvalue weighted by Crippen LogP contribution is 2.20. The first-order valence-corrected chi connectivity index (χ1v) is 9.45. The Morgan fingerprint density at radius 2 is 1.73 bits per heavy atom. The molecule has 8 nitrogen and oxygen atoms in total. The molecule has 0 saturated heterocycles. The fraction of sp³-hybridized carbons (Fsp3) is 0.0435. The molecule has 10 heteroatoms. The number of nitro benzene ring substituents is 1. The number of non-ortho nitro benzene ring substituents is 1. The smallest absolute Gasteiger partial charge is 0.272 e. The number of para-hydroxylation sites is 1. The van der Waals surface area contributed by atoms with Crippen molar-refractivity contribution in [3.63, 3.8) is 0 Å². The van der Waals surface area contributed by atoms with Crippen LogP contribution in [0.3, 0.4) is 0 Å². The quantitative estimate of drug-likeness (QED) is 0.315. The van der Waals surface area contributed by atoms with Crippen molar-refractivity contribution < 1.29 is 28.0 Å². The summed E-state index contributed by atoms with van der Waals surface area (Å²) in [5.41, 5.74) is -0.267. The second kappa shape index (κ2) is 10.1. The van der Waals surface area contributed by atoms with Crippen molar-refractivity contribution >= 4 is 29.3 Å². The van der Waals surface area contributed by atoms with Gasteiger partial charge in [0.2, 0.25) is 0 Å². The summed E-state index contributed by atoms with van der Waals surface area (Å²) < 4.78 is 32.3. The van der Waals surface area contributed by atoms with Gasteiger partial charge in [0, 0.05) is 18.2 Å². The summed E-state index contributed by atoms with van der Waals surface area (Å²) in [6.45, 7) is 0. The van der Waals surface area contributed by atoms with Crippen LogP contribution in [0.4, 0.5) is 20.2 Å². The molecule has 0 fully saturated rings. The average molecular weight is 453 g/mol. The van der Waals surface area contributed by atoms with Gasteiger partial charge < -0.3 is 15.4 Å². The Balaban J connectivity index is 1.95. The number of methoxy groups -OCH3 is 1. The zero-order valence-electron chi connectivity index (χ0n) is 17.2. The van der Waals surface area contributed by atoms with Gasteiger partial charge in [0.15, 0.2) is 0 Å². The van der Waals surface area contributed by atoms with E-state index in [9.17, 15) is 28.5 Å². The largest absolute Gasteiger partial charge is 0.496 e. The molecule has 0 heterocycles. The number of ether oxygens (including phenoxy) is 1. The molecule has 3 aromatic rings. The Morgan fingerprint density at radius 3 is 2.36 bits per heavy atom. The summed E-state index contributed by atoms with van der Waals surface area (Å²) in [7, 11) is 1.38. The number of hydrogen-bond donors (Lipinski definition) is 2. The molecule has 0 radical (unpaired) electrons. The molecule has 0 atom stereocenters. The number of anilines is 1. The van der Waals surface area contributed by atoms with E-state index < -0.39 is 28.4 Å². The summed E-state index contributed by atoms with van der Waals surface area (Å²) in [6, 6.07) is 14.1. The fourth-order valence-corrected chi connectivity index (χ4v) is 2.82. The van der Waals surface area contributed by atoms with Crippen LogP contribution >= 0.6 is 0 Å². The normalized spacial score (nSPS) is 10.9. The minimum absolute atomic E-state index is 0.135. The lowest BCUT2D eigenvalue weighted by molar-refractivity contribution is -0.384. The van der Waals surface area contributed by atoms with Gasteiger partial charge in [-0.3, -0.25) is 19.7 Å². The van der Waals surface area contributed by atoms with Crippen LogP contribution in [-0.2, 0) is 4.79 Å². The summed E-state index contributed by atoms with van der Waals surface area (Å²) >= 11 is 0. The van der Waals surface area contributed by atoms with Crippen molar-refractivity contribution in [1.82, 2.24) is 5.32 Å². The molecule has 168 valence electrons. The Labute approximate surface area is 186 Å². The van der Waals surface area contributed by atoms with Gasteiger partial charge in [-0.25, -0.2) is 8.78 Å². The first kappa shape index (κ1) is 23.1. The zero-order chi connectivity index (χ0) is 24.0. The van der Waals surface area contributed by atoms with Crippen molar-refractivity contribution in [2.45, 2.75) is 0 Å². The topological polar surface area (TPSA) is 111 Å². The number of carbonyl (C=O) groups is 2. The SMILES string of the molecule is COc1ccccc1C(=O)NC(=Cc1ccc([N+](=O)[O-])cc1)C(=O)Nc1ccc(F)cc1F. The van der Waals surface area contributed by atoms with Crippen molar-refractivity contribution in [3.05, 3.63) is 105 Å². The lowest BCUT2D eigenvalue weighted by Crippen LogP contribution is -2.31. The summed E-state index contributed by atoms with van der Waals surface area (Å²) in [5, 5.41) is 15.6. The number of hydrogen-bond acceptors (Lipinski definition) is 5. The maximum atomic E-state index is 14.0. The summed E-state index contributed by atoms with van der Waals surface area (Å²) in [5.74, 6) is -3.15. The van der Waals surface area contributed by atoms with Gasteiger partial charge >= 0.3 is 0 Å². The van der Waals surface area contributed by atoms with Crippen molar-refractivity contribution in [2.75, 3.05) is 12.4 Å². The molecule has 3 aromatic carbocycles. The van der Waals surface area contributed by atoms with Gasteiger partial charge in [0.05, 0.1) is 23.3 Å². The third kappa shape index (κ3) is 5.76. The van der Waals surface area contributed by atoms with Crippen molar-refractivity contribution in [2.24, 2.45) is 0 Å². The Bertz CT molecular complexity index is 1240. The number of benzene rings is 3. The minimum atomic E-state index is -1.01. The van der Waals surface area contributed by atoms with E-state index >= 15 is 0 Å². The zero-order valence-corrected chi connectivity index (χ0v) is 17.2. The predicted molar refractivity (Wildman–Crippen MR) is 117 cm³/mol. The predicted octanol–water partition coefficient (Wildman–Crippen LogP) is 4.29. The Hall–Kier alpha value is -4.60. The highest BCUT2D eigenvalue weighted by molar-refractivity contribution is 6.11. The van der Waals surface area contributed by atoms with Crippen LogP contribution < -0.4 is 15.4 Å². The molecular weight excluding hydrogens is 436 g/mol. The maximum absolute atomic E-state index is 14.0. The van der Waals surface area contributed by atoms with Crippen LogP contribution in [0.1, 0.15) is 15.9 Å². The lowest BCUT2D eigenvalue weighted by Gasteiger charge is -2.13. The molecule has 0 aromatic heterocycles.